The van der Waals surface area contributed by atoms with Gasteiger partial charge in [0.1, 0.15) is 17.6 Å². The van der Waals surface area contributed by atoms with E-state index in [0.29, 0.717) is 35.4 Å². The second-order valence-electron chi connectivity index (χ2n) is 6.94. The fourth-order valence-corrected chi connectivity index (χ4v) is 7.68. The lowest BCUT2D eigenvalue weighted by Crippen LogP contribution is -2.38. The summed E-state index contributed by atoms with van der Waals surface area (Å²) < 4.78 is 40.6. The van der Waals surface area contributed by atoms with Crippen LogP contribution in [0.5, 0.6) is 11.5 Å². The molecule has 10 heteroatoms. The topological polar surface area (TPSA) is 94.5 Å². The fourth-order valence-electron chi connectivity index (χ4n) is 3.77. The van der Waals surface area contributed by atoms with Crippen molar-refractivity contribution in [3.05, 3.63) is 18.2 Å². The smallest absolute Gasteiger partial charge is 0.277 e. The van der Waals surface area contributed by atoms with Gasteiger partial charge in [0.05, 0.1) is 37.5 Å². The first-order valence-corrected chi connectivity index (χ1v) is 11.7. The normalized spacial score (nSPS) is 29.9. The van der Waals surface area contributed by atoms with Crippen LogP contribution in [0.2, 0.25) is 0 Å². The summed E-state index contributed by atoms with van der Waals surface area (Å²) in [5.74, 6) is 0.927. The highest BCUT2D eigenvalue weighted by Gasteiger charge is 2.50. The van der Waals surface area contributed by atoms with Crippen LogP contribution in [-0.2, 0) is 19.4 Å². The first-order valence-electron chi connectivity index (χ1n) is 9.04. The van der Waals surface area contributed by atoms with Gasteiger partial charge in [-0.3, -0.25) is 4.79 Å². The number of amidine groups is 1. The summed E-state index contributed by atoms with van der Waals surface area (Å²) in [6.45, 7) is 0.563. The molecule has 0 N–H and O–H groups in total. The quantitative estimate of drug-likeness (QED) is 0.715. The van der Waals surface area contributed by atoms with Crippen molar-refractivity contribution < 1.29 is 27.4 Å². The maximum atomic E-state index is 12.6. The molecule has 3 aliphatic rings. The molecule has 3 aliphatic heterocycles. The van der Waals surface area contributed by atoms with Crippen LogP contribution in [0.4, 0.5) is 5.69 Å². The number of anilines is 1. The summed E-state index contributed by atoms with van der Waals surface area (Å²) in [5.41, 5.74) is 0.666. The fraction of sp³-hybridized carbons (Fsp3) is 0.556. The number of methoxy groups -OCH3 is 2. The molecule has 1 amide bonds. The minimum absolute atomic E-state index is 0.0208. The van der Waals surface area contributed by atoms with E-state index in [-0.39, 0.29) is 28.7 Å². The molecule has 3 heterocycles. The van der Waals surface area contributed by atoms with E-state index in [2.05, 4.69) is 4.99 Å². The second kappa shape index (κ2) is 7.57. The molecule has 1 aromatic rings. The zero-order valence-electron chi connectivity index (χ0n) is 15.7. The number of thioether (sulfide) groups is 1. The molecule has 3 atom stereocenters. The molecule has 0 bridgehead atoms. The van der Waals surface area contributed by atoms with Crippen molar-refractivity contribution in [1.82, 2.24) is 0 Å². The van der Waals surface area contributed by atoms with Gasteiger partial charge in [-0.25, -0.2) is 8.42 Å². The summed E-state index contributed by atoms with van der Waals surface area (Å²) in [7, 11) is -0.0362. The van der Waals surface area contributed by atoms with Gasteiger partial charge in [0.15, 0.2) is 15.0 Å². The van der Waals surface area contributed by atoms with Crippen molar-refractivity contribution in [3.8, 4) is 11.5 Å². The van der Waals surface area contributed by atoms with Crippen LogP contribution in [0.1, 0.15) is 12.8 Å². The van der Waals surface area contributed by atoms with Gasteiger partial charge < -0.3 is 19.1 Å². The Kier molecular flexibility index (Phi) is 5.28. The number of rotatable bonds is 4. The van der Waals surface area contributed by atoms with E-state index >= 15 is 0 Å². The summed E-state index contributed by atoms with van der Waals surface area (Å²) >= 11 is 1.34. The Morgan fingerprint density at radius 2 is 2.11 bits per heavy atom. The average Bonchev–Trinajstić information content (AvgIpc) is 3.36. The summed E-state index contributed by atoms with van der Waals surface area (Å²) in [5, 5.41) is 0.321. The lowest BCUT2D eigenvalue weighted by atomic mass is 10.2. The third-order valence-corrected chi connectivity index (χ3v) is 8.33. The third-order valence-electron chi connectivity index (χ3n) is 5.12. The Morgan fingerprint density at radius 3 is 2.79 bits per heavy atom. The summed E-state index contributed by atoms with van der Waals surface area (Å²) in [6.07, 6.45) is 0.985. The predicted molar refractivity (Wildman–Crippen MR) is 107 cm³/mol. The SMILES string of the molecule is COc1ccc(N2C(=NC(=O)C3CCCO3)SC3CS(=O)(=O)CC32)c(OC)c1. The molecule has 0 aromatic heterocycles. The number of nitrogens with zero attached hydrogens (tertiary/aromatic N) is 2. The average molecular weight is 427 g/mol. The Balaban J connectivity index is 1.73. The second-order valence-corrected chi connectivity index (χ2v) is 10.3. The molecular weight excluding hydrogens is 404 g/mol. The maximum absolute atomic E-state index is 12.6. The molecule has 0 saturated carbocycles. The number of ether oxygens (including phenoxy) is 3. The molecule has 0 spiro atoms. The molecule has 152 valence electrons. The highest BCUT2D eigenvalue weighted by atomic mass is 32.2. The van der Waals surface area contributed by atoms with E-state index in [4.69, 9.17) is 14.2 Å². The van der Waals surface area contributed by atoms with Crippen LogP contribution in [-0.4, -0.2) is 69.2 Å². The van der Waals surface area contributed by atoms with Crippen LogP contribution >= 0.6 is 11.8 Å². The summed E-state index contributed by atoms with van der Waals surface area (Å²) in [6, 6.07) is 5.01. The first-order chi connectivity index (χ1) is 13.4. The number of carbonyl (C=O) groups is 1. The number of fused-ring (bicyclic) bond motifs is 1. The molecule has 0 aliphatic carbocycles. The van der Waals surface area contributed by atoms with Gasteiger partial charge in [0.25, 0.3) is 5.91 Å². The Morgan fingerprint density at radius 1 is 1.29 bits per heavy atom. The number of hydrogen-bond donors (Lipinski definition) is 0. The zero-order chi connectivity index (χ0) is 19.9. The lowest BCUT2D eigenvalue weighted by molar-refractivity contribution is -0.126. The standard InChI is InChI=1S/C18H22N2O6S2/c1-24-11-5-6-12(15(8-11)25-2)20-13-9-28(22,23)10-16(13)27-18(20)19-17(21)14-4-3-7-26-14/h5-6,8,13-14,16H,3-4,7,9-10H2,1-2H3. The van der Waals surface area contributed by atoms with Crippen molar-refractivity contribution in [2.24, 2.45) is 4.99 Å². The van der Waals surface area contributed by atoms with Crippen molar-refractivity contribution in [1.29, 1.82) is 0 Å². The van der Waals surface area contributed by atoms with E-state index in [1.165, 1.54) is 11.8 Å². The largest absolute Gasteiger partial charge is 0.497 e. The van der Waals surface area contributed by atoms with Gasteiger partial charge in [0.2, 0.25) is 0 Å². The van der Waals surface area contributed by atoms with E-state index in [0.717, 1.165) is 6.42 Å². The molecule has 0 radical (unpaired) electrons. The molecule has 3 saturated heterocycles. The van der Waals surface area contributed by atoms with E-state index in [9.17, 15) is 13.2 Å². The van der Waals surface area contributed by atoms with Gasteiger partial charge in [-0.05, 0) is 25.0 Å². The van der Waals surface area contributed by atoms with Crippen LogP contribution in [0.25, 0.3) is 0 Å². The predicted octanol–water partition coefficient (Wildman–Crippen LogP) is 1.48. The zero-order valence-corrected chi connectivity index (χ0v) is 17.3. The van der Waals surface area contributed by atoms with E-state index in [1.807, 2.05) is 4.90 Å². The molecule has 3 fully saturated rings. The molecular formula is C18H22N2O6S2. The highest BCUT2D eigenvalue weighted by Crippen LogP contribution is 2.44. The number of amides is 1. The minimum atomic E-state index is -3.14. The van der Waals surface area contributed by atoms with Crippen LogP contribution in [0, 0.1) is 0 Å². The Hall–Kier alpha value is -1.78. The molecule has 4 rings (SSSR count). The van der Waals surface area contributed by atoms with Crippen LogP contribution < -0.4 is 14.4 Å². The summed E-state index contributed by atoms with van der Waals surface area (Å²) in [4.78, 5) is 18.7. The third kappa shape index (κ3) is 3.60. The highest BCUT2D eigenvalue weighted by molar-refractivity contribution is 8.16. The monoisotopic (exact) mass is 426 g/mol. The van der Waals surface area contributed by atoms with Gasteiger partial charge in [-0.1, -0.05) is 11.8 Å². The molecule has 8 nitrogen and oxygen atoms in total. The van der Waals surface area contributed by atoms with Crippen molar-refractivity contribution >= 4 is 38.4 Å². The van der Waals surface area contributed by atoms with Crippen molar-refractivity contribution in [2.75, 3.05) is 37.2 Å². The Bertz CT molecular complexity index is 911. The molecule has 1 aromatic carbocycles. The van der Waals surface area contributed by atoms with Gasteiger partial charge in [-0.2, -0.15) is 4.99 Å². The van der Waals surface area contributed by atoms with Gasteiger partial charge in [0, 0.05) is 17.9 Å². The molecule has 3 unspecified atom stereocenters. The van der Waals surface area contributed by atoms with Crippen molar-refractivity contribution in [3.63, 3.8) is 0 Å². The number of aliphatic imine (C=N–C) groups is 1. The number of benzene rings is 1. The Labute approximate surface area is 168 Å². The lowest BCUT2D eigenvalue weighted by Gasteiger charge is -2.26. The van der Waals surface area contributed by atoms with E-state index in [1.54, 1.807) is 32.4 Å². The van der Waals surface area contributed by atoms with E-state index < -0.39 is 15.9 Å². The maximum Gasteiger partial charge on any atom is 0.277 e. The number of carbonyl (C=O) groups excluding carboxylic acids is 1. The minimum Gasteiger partial charge on any atom is -0.497 e. The first kappa shape index (κ1) is 19.5. The van der Waals surface area contributed by atoms with Crippen LogP contribution in [0.3, 0.4) is 0 Å². The van der Waals surface area contributed by atoms with Gasteiger partial charge >= 0.3 is 0 Å². The number of sulfone groups is 1. The van der Waals surface area contributed by atoms with Crippen LogP contribution in [0.15, 0.2) is 23.2 Å². The molecule has 28 heavy (non-hydrogen) atoms. The number of hydrogen-bond acceptors (Lipinski definition) is 7. The van der Waals surface area contributed by atoms with Crippen molar-refractivity contribution in [2.45, 2.75) is 30.2 Å². The van der Waals surface area contributed by atoms with Gasteiger partial charge in [-0.15, -0.1) is 0 Å².